The summed E-state index contributed by atoms with van der Waals surface area (Å²) in [5, 5.41) is 8.21. The van der Waals surface area contributed by atoms with Crippen LogP contribution in [0.15, 0.2) is 0 Å². The van der Waals surface area contributed by atoms with Crippen molar-refractivity contribution in [1.82, 2.24) is 4.90 Å². The lowest BCUT2D eigenvalue weighted by atomic mass is 10.00. The van der Waals surface area contributed by atoms with Crippen molar-refractivity contribution in [3.05, 3.63) is 0 Å². The van der Waals surface area contributed by atoms with Gasteiger partial charge in [0.1, 0.15) is 0 Å². The molecule has 0 spiro atoms. The van der Waals surface area contributed by atoms with E-state index < -0.39 is 18.3 Å². The Morgan fingerprint density at radius 3 is 2.71 bits per heavy atom. The minimum atomic E-state index is -3.55. The molecule has 0 bridgehead atoms. The second kappa shape index (κ2) is 4.21. The molecule has 1 N–H and O–H groups in total. The van der Waals surface area contributed by atoms with Crippen molar-refractivity contribution in [2.24, 2.45) is 5.92 Å². The molecule has 14 heavy (non-hydrogen) atoms. The molecule has 0 radical (unpaired) electrons. The van der Waals surface area contributed by atoms with Crippen LogP contribution in [0.2, 0.25) is 0 Å². The van der Waals surface area contributed by atoms with Crippen LogP contribution in [0, 0.1) is 5.92 Å². The SMILES string of the molecule is CN1CCC(CCC(F)(F)C(=O)O)C1. The molecule has 0 aliphatic carbocycles. The van der Waals surface area contributed by atoms with E-state index in [0.29, 0.717) is 6.42 Å². The van der Waals surface area contributed by atoms with Crippen LogP contribution < -0.4 is 0 Å². The van der Waals surface area contributed by atoms with Crippen LogP contribution in [0.5, 0.6) is 0 Å². The topological polar surface area (TPSA) is 40.5 Å². The average molecular weight is 207 g/mol. The Morgan fingerprint density at radius 2 is 2.29 bits per heavy atom. The van der Waals surface area contributed by atoms with E-state index in [9.17, 15) is 13.6 Å². The Kier molecular flexibility index (Phi) is 3.42. The average Bonchev–Trinajstić information content (AvgIpc) is 2.48. The number of rotatable bonds is 4. The lowest BCUT2D eigenvalue weighted by molar-refractivity contribution is -0.166. The molecule has 0 aromatic heterocycles. The molecular formula is C9H15F2NO2. The zero-order valence-electron chi connectivity index (χ0n) is 8.17. The van der Waals surface area contributed by atoms with Gasteiger partial charge in [-0.05, 0) is 32.4 Å². The third-order valence-corrected chi connectivity index (χ3v) is 2.67. The van der Waals surface area contributed by atoms with Crippen molar-refractivity contribution < 1.29 is 18.7 Å². The number of likely N-dealkylation sites (tertiary alicyclic amines) is 1. The molecule has 3 nitrogen and oxygen atoms in total. The molecule has 0 aromatic carbocycles. The summed E-state index contributed by atoms with van der Waals surface area (Å²) in [6, 6.07) is 0. The van der Waals surface area contributed by atoms with Crippen LogP contribution in [0.1, 0.15) is 19.3 Å². The lowest BCUT2D eigenvalue weighted by Crippen LogP contribution is -2.29. The number of carbonyl (C=O) groups is 1. The monoisotopic (exact) mass is 207 g/mol. The zero-order chi connectivity index (χ0) is 10.8. The van der Waals surface area contributed by atoms with Crippen LogP contribution in [-0.4, -0.2) is 42.0 Å². The van der Waals surface area contributed by atoms with Gasteiger partial charge in [0.15, 0.2) is 0 Å². The molecule has 0 amide bonds. The maximum Gasteiger partial charge on any atom is 0.374 e. The van der Waals surface area contributed by atoms with Crippen molar-refractivity contribution in [3.8, 4) is 0 Å². The van der Waals surface area contributed by atoms with Gasteiger partial charge < -0.3 is 10.0 Å². The van der Waals surface area contributed by atoms with Gasteiger partial charge in [0, 0.05) is 13.0 Å². The van der Waals surface area contributed by atoms with E-state index in [4.69, 9.17) is 5.11 Å². The third-order valence-electron chi connectivity index (χ3n) is 2.67. The summed E-state index contributed by atoms with van der Waals surface area (Å²) >= 11 is 0. The van der Waals surface area contributed by atoms with Gasteiger partial charge in [-0.15, -0.1) is 0 Å². The van der Waals surface area contributed by atoms with E-state index in [1.807, 2.05) is 7.05 Å². The molecule has 1 rings (SSSR count). The van der Waals surface area contributed by atoms with Crippen LogP contribution in [-0.2, 0) is 4.79 Å². The van der Waals surface area contributed by atoms with Crippen LogP contribution in [0.25, 0.3) is 0 Å². The smallest absolute Gasteiger partial charge is 0.374 e. The van der Waals surface area contributed by atoms with Gasteiger partial charge in [-0.25, -0.2) is 4.79 Å². The van der Waals surface area contributed by atoms with Gasteiger partial charge in [-0.1, -0.05) is 0 Å². The Morgan fingerprint density at radius 1 is 1.64 bits per heavy atom. The molecule has 1 unspecified atom stereocenters. The highest BCUT2D eigenvalue weighted by atomic mass is 19.3. The molecule has 1 saturated heterocycles. The number of aliphatic carboxylic acids is 1. The fourth-order valence-corrected chi connectivity index (χ4v) is 1.75. The van der Waals surface area contributed by atoms with Gasteiger partial charge in [0.05, 0.1) is 0 Å². The number of nitrogens with zero attached hydrogens (tertiary/aromatic N) is 1. The maximum absolute atomic E-state index is 12.7. The van der Waals surface area contributed by atoms with Gasteiger partial charge in [0.2, 0.25) is 0 Å². The first kappa shape index (κ1) is 11.4. The first-order valence-corrected chi connectivity index (χ1v) is 4.71. The van der Waals surface area contributed by atoms with Crippen molar-refractivity contribution >= 4 is 5.97 Å². The van der Waals surface area contributed by atoms with E-state index in [2.05, 4.69) is 4.90 Å². The summed E-state index contributed by atoms with van der Waals surface area (Å²) in [6.07, 6.45) is 0.649. The predicted molar refractivity (Wildman–Crippen MR) is 47.4 cm³/mol. The number of hydrogen-bond donors (Lipinski definition) is 1. The van der Waals surface area contributed by atoms with Crippen LogP contribution in [0.4, 0.5) is 8.78 Å². The Balaban J connectivity index is 2.30. The highest BCUT2D eigenvalue weighted by Crippen LogP contribution is 2.27. The molecule has 1 heterocycles. The van der Waals surface area contributed by atoms with E-state index in [-0.39, 0.29) is 5.92 Å². The van der Waals surface area contributed by atoms with Gasteiger partial charge in [-0.3, -0.25) is 0 Å². The minimum Gasteiger partial charge on any atom is -0.477 e. The first-order valence-electron chi connectivity index (χ1n) is 4.71. The summed E-state index contributed by atoms with van der Waals surface area (Å²) in [5.74, 6) is -5.34. The number of carboxylic acids is 1. The second-order valence-corrected chi connectivity index (χ2v) is 3.97. The molecule has 1 fully saturated rings. The van der Waals surface area contributed by atoms with E-state index in [1.54, 1.807) is 0 Å². The summed E-state index contributed by atoms with van der Waals surface area (Å²) < 4.78 is 25.4. The zero-order valence-corrected chi connectivity index (χ0v) is 8.17. The van der Waals surface area contributed by atoms with Gasteiger partial charge in [0.25, 0.3) is 0 Å². The third kappa shape index (κ3) is 2.90. The molecule has 5 heteroatoms. The van der Waals surface area contributed by atoms with Crippen molar-refractivity contribution in [2.45, 2.75) is 25.2 Å². The van der Waals surface area contributed by atoms with Crippen LogP contribution in [0.3, 0.4) is 0 Å². The quantitative estimate of drug-likeness (QED) is 0.758. The lowest BCUT2D eigenvalue weighted by Gasteiger charge is -2.14. The standard InChI is InChI=1S/C9H15F2NO2/c1-12-5-3-7(6-12)2-4-9(10,11)8(13)14/h7H,2-6H2,1H3,(H,13,14). The van der Waals surface area contributed by atoms with Gasteiger partial charge in [-0.2, -0.15) is 8.78 Å². The molecule has 0 saturated carbocycles. The van der Waals surface area contributed by atoms with E-state index >= 15 is 0 Å². The highest BCUT2D eigenvalue weighted by Gasteiger charge is 2.39. The summed E-state index contributed by atoms with van der Waals surface area (Å²) in [5.41, 5.74) is 0. The largest absolute Gasteiger partial charge is 0.477 e. The van der Waals surface area contributed by atoms with Crippen molar-refractivity contribution in [1.29, 1.82) is 0 Å². The molecule has 0 aromatic rings. The van der Waals surface area contributed by atoms with Crippen molar-refractivity contribution in [2.75, 3.05) is 20.1 Å². The molecule has 1 atom stereocenters. The summed E-state index contributed by atoms with van der Waals surface area (Å²) in [6.45, 7) is 1.72. The molecule has 82 valence electrons. The highest BCUT2D eigenvalue weighted by molar-refractivity contribution is 5.75. The maximum atomic E-state index is 12.7. The summed E-state index contributed by atoms with van der Waals surface area (Å²) in [4.78, 5) is 12.2. The number of hydrogen-bond acceptors (Lipinski definition) is 2. The predicted octanol–water partition coefficient (Wildman–Crippen LogP) is 1.44. The fourth-order valence-electron chi connectivity index (χ4n) is 1.75. The van der Waals surface area contributed by atoms with E-state index in [0.717, 1.165) is 19.5 Å². The Labute approximate surface area is 81.7 Å². The normalized spacial score (nSPS) is 24.1. The molecule has 1 aliphatic rings. The number of halogens is 2. The second-order valence-electron chi connectivity index (χ2n) is 3.97. The molecule has 1 aliphatic heterocycles. The van der Waals surface area contributed by atoms with Crippen LogP contribution >= 0.6 is 0 Å². The van der Waals surface area contributed by atoms with Crippen molar-refractivity contribution in [3.63, 3.8) is 0 Å². The fraction of sp³-hybridized carbons (Fsp3) is 0.889. The molecular weight excluding hydrogens is 192 g/mol. The Bertz CT molecular complexity index is 221. The van der Waals surface area contributed by atoms with E-state index in [1.165, 1.54) is 0 Å². The van der Waals surface area contributed by atoms with Gasteiger partial charge >= 0.3 is 11.9 Å². The Hall–Kier alpha value is -0.710. The number of alkyl halides is 2. The minimum absolute atomic E-state index is 0.227. The number of carboxylic acid groups (broad SMARTS) is 1. The first-order chi connectivity index (χ1) is 6.42. The summed E-state index contributed by atoms with van der Waals surface area (Å²) in [7, 11) is 1.94.